The number of ether oxygens (including phenoxy) is 1. The van der Waals surface area contributed by atoms with E-state index in [-0.39, 0.29) is 23.9 Å². The standard InChI is InChI=1S/C16H20N2O5/c1-4-17(5-2)14(19)9-18-12-7-6-11(16(21)22)8-13(12)23-10(3)15(18)20/h6-8,10H,4-5,9H2,1-3H3,(H,21,22). The van der Waals surface area contributed by atoms with Crippen molar-refractivity contribution in [2.45, 2.75) is 26.9 Å². The Labute approximate surface area is 134 Å². The summed E-state index contributed by atoms with van der Waals surface area (Å²) in [5.74, 6) is -1.26. The average Bonchev–Trinajstić information content (AvgIpc) is 2.52. The van der Waals surface area contributed by atoms with E-state index in [1.807, 2.05) is 13.8 Å². The van der Waals surface area contributed by atoms with E-state index in [9.17, 15) is 14.4 Å². The molecule has 0 aromatic heterocycles. The molecule has 2 amide bonds. The van der Waals surface area contributed by atoms with Gasteiger partial charge in [-0.2, -0.15) is 0 Å². The van der Waals surface area contributed by atoms with Crippen LogP contribution in [0.4, 0.5) is 5.69 Å². The van der Waals surface area contributed by atoms with Gasteiger partial charge in [0.1, 0.15) is 12.3 Å². The van der Waals surface area contributed by atoms with E-state index in [0.717, 1.165) is 0 Å². The van der Waals surface area contributed by atoms with Crippen LogP contribution in [-0.4, -0.2) is 53.5 Å². The first-order chi connectivity index (χ1) is 10.9. The molecular weight excluding hydrogens is 300 g/mol. The van der Waals surface area contributed by atoms with Crippen LogP contribution in [0.5, 0.6) is 5.75 Å². The van der Waals surface area contributed by atoms with Crippen molar-refractivity contribution in [1.29, 1.82) is 0 Å². The van der Waals surface area contributed by atoms with Crippen LogP contribution < -0.4 is 9.64 Å². The summed E-state index contributed by atoms with van der Waals surface area (Å²) in [7, 11) is 0. The molecule has 1 aromatic carbocycles. The minimum Gasteiger partial charge on any atom is -0.479 e. The Bertz CT molecular complexity index is 639. The molecule has 7 nitrogen and oxygen atoms in total. The quantitative estimate of drug-likeness (QED) is 0.885. The third-order valence-corrected chi connectivity index (χ3v) is 3.82. The van der Waals surface area contributed by atoms with Crippen molar-refractivity contribution in [1.82, 2.24) is 4.90 Å². The maximum atomic E-state index is 12.4. The lowest BCUT2D eigenvalue weighted by Gasteiger charge is -2.33. The molecule has 1 aliphatic rings. The molecule has 0 spiro atoms. The molecule has 7 heteroatoms. The number of carboxylic acids is 1. The van der Waals surface area contributed by atoms with E-state index in [2.05, 4.69) is 0 Å². The fourth-order valence-corrected chi connectivity index (χ4v) is 2.52. The number of amides is 2. The molecule has 2 rings (SSSR count). The SMILES string of the molecule is CCN(CC)C(=O)CN1C(=O)C(C)Oc2cc(C(=O)O)ccc21. The Morgan fingerprint density at radius 2 is 1.96 bits per heavy atom. The van der Waals surface area contributed by atoms with E-state index in [1.165, 1.54) is 23.1 Å². The molecule has 124 valence electrons. The highest BCUT2D eigenvalue weighted by atomic mass is 16.5. The van der Waals surface area contributed by atoms with Crippen LogP contribution in [-0.2, 0) is 9.59 Å². The molecule has 0 bridgehead atoms. The van der Waals surface area contributed by atoms with Gasteiger partial charge in [0.15, 0.2) is 6.10 Å². The summed E-state index contributed by atoms with van der Waals surface area (Å²) in [6.07, 6.45) is -0.768. The summed E-state index contributed by atoms with van der Waals surface area (Å²) < 4.78 is 5.48. The molecular formula is C16H20N2O5. The molecule has 0 radical (unpaired) electrons. The van der Waals surface area contributed by atoms with Crippen LogP contribution in [0, 0.1) is 0 Å². The fraction of sp³-hybridized carbons (Fsp3) is 0.438. The lowest BCUT2D eigenvalue weighted by molar-refractivity contribution is -0.132. The molecule has 0 saturated heterocycles. The fourth-order valence-electron chi connectivity index (χ4n) is 2.52. The van der Waals surface area contributed by atoms with Gasteiger partial charge in [0.2, 0.25) is 5.91 Å². The molecule has 1 atom stereocenters. The normalized spacial score (nSPS) is 16.6. The highest BCUT2D eigenvalue weighted by Gasteiger charge is 2.33. The van der Waals surface area contributed by atoms with Gasteiger partial charge in [-0.1, -0.05) is 0 Å². The smallest absolute Gasteiger partial charge is 0.335 e. The number of hydrogen-bond acceptors (Lipinski definition) is 4. The number of anilines is 1. The van der Waals surface area contributed by atoms with Crippen LogP contribution in [0.15, 0.2) is 18.2 Å². The van der Waals surface area contributed by atoms with E-state index in [1.54, 1.807) is 11.8 Å². The minimum absolute atomic E-state index is 0.0697. The Kier molecular flexibility index (Phi) is 4.88. The number of aromatic carboxylic acids is 1. The van der Waals surface area contributed by atoms with E-state index in [0.29, 0.717) is 24.5 Å². The van der Waals surface area contributed by atoms with Gasteiger partial charge in [-0.25, -0.2) is 4.79 Å². The third-order valence-electron chi connectivity index (χ3n) is 3.82. The number of likely N-dealkylation sites (N-methyl/N-ethyl adjacent to an activating group) is 1. The zero-order valence-corrected chi connectivity index (χ0v) is 13.4. The van der Waals surface area contributed by atoms with Crippen LogP contribution in [0.1, 0.15) is 31.1 Å². The Morgan fingerprint density at radius 3 is 2.52 bits per heavy atom. The number of nitrogens with zero attached hydrogens (tertiary/aromatic N) is 2. The highest BCUT2D eigenvalue weighted by Crippen LogP contribution is 2.34. The summed E-state index contributed by atoms with van der Waals surface area (Å²) >= 11 is 0. The molecule has 0 saturated carbocycles. The van der Waals surface area contributed by atoms with Gasteiger partial charge in [0.25, 0.3) is 5.91 Å². The number of rotatable bonds is 5. The summed E-state index contributed by atoms with van der Waals surface area (Å²) in [5.41, 5.74) is 0.485. The first-order valence-electron chi connectivity index (χ1n) is 7.52. The summed E-state index contributed by atoms with van der Waals surface area (Å²) in [4.78, 5) is 38.7. The Morgan fingerprint density at radius 1 is 1.30 bits per heavy atom. The molecule has 0 fully saturated rings. The lowest BCUT2D eigenvalue weighted by atomic mass is 10.1. The van der Waals surface area contributed by atoms with Crippen molar-refractivity contribution < 1.29 is 24.2 Å². The predicted octanol–water partition coefficient (Wildman–Crippen LogP) is 1.37. The predicted molar refractivity (Wildman–Crippen MR) is 83.8 cm³/mol. The lowest BCUT2D eigenvalue weighted by Crippen LogP contribution is -2.49. The zero-order chi connectivity index (χ0) is 17.1. The number of carbonyl (C=O) groups excluding carboxylic acids is 2. The monoisotopic (exact) mass is 320 g/mol. The zero-order valence-electron chi connectivity index (χ0n) is 13.4. The van der Waals surface area contributed by atoms with E-state index >= 15 is 0 Å². The number of hydrogen-bond donors (Lipinski definition) is 1. The van der Waals surface area contributed by atoms with E-state index < -0.39 is 12.1 Å². The van der Waals surface area contributed by atoms with Gasteiger partial charge in [0.05, 0.1) is 11.3 Å². The topological polar surface area (TPSA) is 87.2 Å². The molecule has 1 heterocycles. The molecule has 1 unspecified atom stereocenters. The second-order valence-corrected chi connectivity index (χ2v) is 5.24. The molecule has 23 heavy (non-hydrogen) atoms. The summed E-state index contributed by atoms with van der Waals surface area (Å²) in [6, 6.07) is 4.26. The van der Waals surface area contributed by atoms with Crippen LogP contribution in [0.3, 0.4) is 0 Å². The van der Waals surface area contributed by atoms with E-state index in [4.69, 9.17) is 9.84 Å². The Balaban J connectivity index is 2.35. The second-order valence-electron chi connectivity index (χ2n) is 5.24. The van der Waals surface area contributed by atoms with Crippen molar-refractivity contribution in [2.24, 2.45) is 0 Å². The minimum atomic E-state index is -1.08. The average molecular weight is 320 g/mol. The molecule has 1 aromatic rings. The van der Waals surface area contributed by atoms with Crippen LogP contribution >= 0.6 is 0 Å². The van der Waals surface area contributed by atoms with Gasteiger partial charge < -0.3 is 14.7 Å². The first kappa shape index (κ1) is 16.8. The summed E-state index contributed by atoms with van der Waals surface area (Å²) in [6.45, 7) is 6.36. The van der Waals surface area contributed by atoms with Crippen LogP contribution in [0.25, 0.3) is 0 Å². The van der Waals surface area contributed by atoms with Gasteiger partial charge in [0, 0.05) is 13.1 Å². The van der Waals surface area contributed by atoms with Gasteiger partial charge >= 0.3 is 5.97 Å². The highest BCUT2D eigenvalue weighted by molar-refractivity contribution is 6.04. The number of carboxylic acid groups (broad SMARTS) is 1. The van der Waals surface area contributed by atoms with Gasteiger partial charge in [-0.3, -0.25) is 14.5 Å². The summed E-state index contributed by atoms with van der Waals surface area (Å²) in [5, 5.41) is 9.06. The van der Waals surface area contributed by atoms with Crippen molar-refractivity contribution in [3.8, 4) is 5.75 Å². The van der Waals surface area contributed by atoms with Crippen molar-refractivity contribution in [3.05, 3.63) is 23.8 Å². The molecule has 1 aliphatic heterocycles. The molecule has 1 N–H and O–H groups in total. The maximum absolute atomic E-state index is 12.4. The third kappa shape index (κ3) is 3.28. The van der Waals surface area contributed by atoms with Crippen molar-refractivity contribution in [3.63, 3.8) is 0 Å². The number of benzene rings is 1. The van der Waals surface area contributed by atoms with Gasteiger partial charge in [-0.15, -0.1) is 0 Å². The second kappa shape index (κ2) is 6.68. The molecule has 0 aliphatic carbocycles. The largest absolute Gasteiger partial charge is 0.479 e. The Hall–Kier alpha value is -2.57. The van der Waals surface area contributed by atoms with Crippen molar-refractivity contribution >= 4 is 23.5 Å². The van der Waals surface area contributed by atoms with Gasteiger partial charge in [-0.05, 0) is 39.0 Å². The number of carbonyl (C=O) groups is 3. The number of fused-ring (bicyclic) bond motifs is 1. The maximum Gasteiger partial charge on any atom is 0.335 e. The van der Waals surface area contributed by atoms with Crippen LogP contribution in [0.2, 0.25) is 0 Å². The van der Waals surface area contributed by atoms with Crippen molar-refractivity contribution in [2.75, 3.05) is 24.5 Å². The first-order valence-corrected chi connectivity index (χ1v) is 7.52.